The molecule has 0 spiro atoms. The average molecular weight is 133 g/mol. The van der Waals surface area contributed by atoms with Crippen LogP contribution >= 0.6 is 0 Å². The molecule has 1 heterocycles. The van der Waals surface area contributed by atoms with E-state index in [1.165, 1.54) is 0 Å². The molecule has 1 fully saturated rings. The maximum Gasteiger partial charge on any atom is 0.108 e. The standard InChI is InChI=1S/C5H11NO3/c6-3-2-9-4(1-7)5(3)8/h3-5,7-8H,1-2,6H2/t3-,4-,5+/m1/s1. The van der Waals surface area contributed by atoms with Crippen LogP contribution in [0.1, 0.15) is 0 Å². The van der Waals surface area contributed by atoms with Gasteiger partial charge in [0.05, 0.1) is 25.4 Å². The van der Waals surface area contributed by atoms with Crippen molar-refractivity contribution in [2.24, 2.45) is 5.73 Å². The number of nitrogens with two attached hydrogens (primary N) is 1. The second-order valence-corrected chi connectivity index (χ2v) is 2.21. The molecular weight excluding hydrogens is 122 g/mol. The molecule has 4 N–H and O–H groups in total. The normalized spacial score (nSPS) is 43.7. The Morgan fingerprint density at radius 2 is 2.33 bits per heavy atom. The van der Waals surface area contributed by atoms with Gasteiger partial charge in [0.1, 0.15) is 6.10 Å². The van der Waals surface area contributed by atoms with Crippen LogP contribution in [0.5, 0.6) is 0 Å². The Hall–Kier alpha value is -0.160. The van der Waals surface area contributed by atoms with E-state index in [2.05, 4.69) is 0 Å². The van der Waals surface area contributed by atoms with Crippen LogP contribution in [0, 0.1) is 0 Å². The fourth-order valence-corrected chi connectivity index (χ4v) is 0.868. The van der Waals surface area contributed by atoms with Crippen molar-refractivity contribution in [3.05, 3.63) is 0 Å². The number of hydrogen-bond acceptors (Lipinski definition) is 4. The van der Waals surface area contributed by atoms with Crippen LogP contribution in [-0.2, 0) is 4.74 Å². The van der Waals surface area contributed by atoms with Crippen LogP contribution in [-0.4, -0.2) is 41.7 Å². The number of aliphatic hydroxyl groups is 2. The minimum absolute atomic E-state index is 0.158. The summed E-state index contributed by atoms with van der Waals surface area (Å²) in [5, 5.41) is 17.6. The van der Waals surface area contributed by atoms with E-state index in [0.29, 0.717) is 6.61 Å². The quantitative estimate of drug-likeness (QED) is 0.389. The van der Waals surface area contributed by atoms with Crippen LogP contribution in [0.2, 0.25) is 0 Å². The van der Waals surface area contributed by atoms with E-state index < -0.39 is 12.2 Å². The van der Waals surface area contributed by atoms with Crippen molar-refractivity contribution in [3.8, 4) is 0 Å². The van der Waals surface area contributed by atoms with Gasteiger partial charge < -0.3 is 20.7 Å². The maximum atomic E-state index is 9.05. The lowest BCUT2D eigenvalue weighted by atomic mass is 10.1. The van der Waals surface area contributed by atoms with Gasteiger partial charge in [0, 0.05) is 0 Å². The zero-order valence-corrected chi connectivity index (χ0v) is 5.03. The predicted molar refractivity (Wildman–Crippen MR) is 30.8 cm³/mol. The molecule has 0 bridgehead atoms. The summed E-state index contributed by atoms with van der Waals surface area (Å²) in [4.78, 5) is 0. The van der Waals surface area contributed by atoms with Gasteiger partial charge in [-0.05, 0) is 0 Å². The van der Waals surface area contributed by atoms with Crippen molar-refractivity contribution in [1.29, 1.82) is 0 Å². The molecule has 0 aliphatic carbocycles. The molecule has 0 saturated carbocycles. The summed E-state index contributed by atoms with van der Waals surface area (Å²) >= 11 is 0. The summed E-state index contributed by atoms with van der Waals surface area (Å²) in [6, 6.07) is -0.331. The molecule has 3 atom stereocenters. The van der Waals surface area contributed by atoms with Gasteiger partial charge in [-0.3, -0.25) is 0 Å². The lowest BCUT2D eigenvalue weighted by Crippen LogP contribution is -2.37. The fourth-order valence-electron chi connectivity index (χ4n) is 0.868. The third-order valence-electron chi connectivity index (χ3n) is 1.50. The monoisotopic (exact) mass is 133 g/mol. The van der Waals surface area contributed by atoms with Crippen LogP contribution in [0.25, 0.3) is 0 Å². The van der Waals surface area contributed by atoms with Crippen LogP contribution in [0.15, 0.2) is 0 Å². The van der Waals surface area contributed by atoms with Crippen LogP contribution < -0.4 is 5.73 Å². The van der Waals surface area contributed by atoms with Gasteiger partial charge in [-0.15, -0.1) is 0 Å². The Labute approximate surface area is 53.2 Å². The zero-order chi connectivity index (χ0) is 6.85. The van der Waals surface area contributed by atoms with E-state index in [0.717, 1.165) is 0 Å². The first-order valence-electron chi connectivity index (χ1n) is 2.92. The smallest absolute Gasteiger partial charge is 0.108 e. The SMILES string of the molecule is N[C@@H]1CO[C@H](CO)[C@H]1O. The first-order valence-corrected chi connectivity index (χ1v) is 2.92. The Bertz CT molecular complexity index is 98.2. The van der Waals surface area contributed by atoms with E-state index >= 15 is 0 Å². The molecule has 54 valence electrons. The highest BCUT2D eigenvalue weighted by Gasteiger charge is 2.32. The number of hydrogen-bond donors (Lipinski definition) is 3. The Kier molecular flexibility index (Phi) is 2.02. The van der Waals surface area contributed by atoms with Gasteiger partial charge in [-0.25, -0.2) is 0 Å². The number of rotatable bonds is 1. The maximum absolute atomic E-state index is 9.05. The first kappa shape index (κ1) is 6.95. The Morgan fingerprint density at radius 1 is 1.67 bits per heavy atom. The molecule has 1 saturated heterocycles. The van der Waals surface area contributed by atoms with Crippen LogP contribution in [0.3, 0.4) is 0 Å². The van der Waals surface area contributed by atoms with E-state index in [9.17, 15) is 0 Å². The summed E-state index contributed by atoms with van der Waals surface area (Å²) in [6.07, 6.45) is -1.17. The predicted octanol–water partition coefficient (Wildman–Crippen LogP) is -1.93. The molecule has 1 rings (SSSR count). The molecule has 0 aromatic heterocycles. The van der Waals surface area contributed by atoms with Gasteiger partial charge >= 0.3 is 0 Å². The summed E-state index contributed by atoms with van der Waals surface area (Å²) < 4.78 is 4.90. The molecule has 0 aromatic carbocycles. The molecular formula is C5H11NO3. The summed E-state index contributed by atoms with van der Waals surface area (Å²) in [6.45, 7) is 0.182. The number of ether oxygens (including phenoxy) is 1. The van der Waals surface area contributed by atoms with E-state index in [4.69, 9.17) is 20.7 Å². The third-order valence-corrected chi connectivity index (χ3v) is 1.50. The highest BCUT2D eigenvalue weighted by atomic mass is 16.5. The summed E-state index contributed by atoms with van der Waals surface area (Å²) in [5.74, 6) is 0. The molecule has 0 amide bonds. The average Bonchev–Trinajstić information content (AvgIpc) is 2.15. The lowest BCUT2D eigenvalue weighted by molar-refractivity contribution is 0.00336. The van der Waals surface area contributed by atoms with Crippen molar-refractivity contribution in [2.75, 3.05) is 13.2 Å². The first-order chi connectivity index (χ1) is 4.25. The van der Waals surface area contributed by atoms with E-state index in [1.807, 2.05) is 0 Å². The van der Waals surface area contributed by atoms with Crippen LogP contribution in [0.4, 0.5) is 0 Å². The molecule has 4 heteroatoms. The lowest BCUT2D eigenvalue weighted by Gasteiger charge is -2.10. The fraction of sp³-hybridized carbons (Fsp3) is 1.00. The highest BCUT2D eigenvalue weighted by molar-refractivity contribution is 4.85. The summed E-state index contributed by atoms with van der Waals surface area (Å²) in [7, 11) is 0. The largest absolute Gasteiger partial charge is 0.394 e. The van der Waals surface area contributed by atoms with Gasteiger partial charge in [0.2, 0.25) is 0 Å². The second-order valence-electron chi connectivity index (χ2n) is 2.21. The van der Waals surface area contributed by atoms with Crippen molar-refractivity contribution in [1.82, 2.24) is 0 Å². The number of aliphatic hydroxyl groups excluding tert-OH is 2. The molecule has 0 radical (unpaired) electrons. The van der Waals surface area contributed by atoms with Gasteiger partial charge in [-0.1, -0.05) is 0 Å². The van der Waals surface area contributed by atoms with Crippen molar-refractivity contribution < 1.29 is 14.9 Å². The molecule has 0 aromatic rings. The van der Waals surface area contributed by atoms with Crippen molar-refractivity contribution in [3.63, 3.8) is 0 Å². The van der Waals surface area contributed by atoms with Crippen molar-refractivity contribution in [2.45, 2.75) is 18.2 Å². The Balaban J connectivity index is 2.41. The molecule has 4 nitrogen and oxygen atoms in total. The third kappa shape index (κ3) is 1.21. The van der Waals surface area contributed by atoms with Gasteiger partial charge in [0.25, 0.3) is 0 Å². The topological polar surface area (TPSA) is 75.7 Å². The molecule has 1 aliphatic rings. The minimum atomic E-state index is -0.699. The van der Waals surface area contributed by atoms with E-state index in [1.54, 1.807) is 0 Å². The molecule has 1 aliphatic heterocycles. The summed E-state index contributed by atoms with van der Waals surface area (Å²) in [5.41, 5.74) is 5.36. The second kappa shape index (κ2) is 2.62. The van der Waals surface area contributed by atoms with E-state index in [-0.39, 0.29) is 12.6 Å². The zero-order valence-electron chi connectivity index (χ0n) is 5.03. The van der Waals surface area contributed by atoms with Crippen molar-refractivity contribution >= 4 is 0 Å². The molecule has 0 unspecified atom stereocenters. The Morgan fingerprint density at radius 3 is 2.56 bits per heavy atom. The van der Waals surface area contributed by atoms with Gasteiger partial charge in [-0.2, -0.15) is 0 Å². The highest BCUT2D eigenvalue weighted by Crippen LogP contribution is 2.10. The minimum Gasteiger partial charge on any atom is -0.394 e. The van der Waals surface area contributed by atoms with Gasteiger partial charge in [0.15, 0.2) is 0 Å². The molecule has 9 heavy (non-hydrogen) atoms.